The standard InChI is InChI=1S/C44H30N4.Cd/c1-5-13-29(14-6-1)41-33-21-23-35(45-33)42(30-15-7-2-8-16-30)37-25-27-39(47-37)44(32-19-11-4-12-20-32)40-28-26-38(48-40)43(31-17-9-3-10-18-31)36-24-22-34(41)46-36;/h1-28,45,48H;. The predicted octanol–water partition coefficient (Wildman–Crippen LogP) is 11.3. The molecule has 2 N–H and O–H groups in total. The van der Waals surface area contributed by atoms with Crippen LogP contribution in [-0.2, 0) is 27.3 Å². The molecule has 0 amide bonds. The van der Waals surface area contributed by atoms with Gasteiger partial charge in [0.15, 0.2) is 0 Å². The van der Waals surface area contributed by atoms with Crippen molar-refractivity contribution in [3.63, 3.8) is 0 Å². The second-order valence-electron chi connectivity index (χ2n) is 12.0. The molecule has 2 aliphatic heterocycles. The summed E-state index contributed by atoms with van der Waals surface area (Å²) in [6.45, 7) is 0. The van der Waals surface area contributed by atoms with Crippen molar-refractivity contribution in [1.82, 2.24) is 19.9 Å². The van der Waals surface area contributed by atoms with Crippen LogP contribution in [0, 0.1) is 0 Å². The van der Waals surface area contributed by atoms with Gasteiger partial charge in [-0.05, 0) is 70.8 Å². The largest absolute Gasteiger partial charge is 0.354 e. The Morgan fingerprint density at radius 2 is 0.510 bits per heavy atom. The third-order valence-corrected chi connectivity index (χ3v) is 9.00. The van der Waals surface area contributed by atoms with Crippen molar-refractivity contribution in [2.24, 2.45) is 0 Å². The second-order valence-corrected chi connectivity index (χ2v) is 12.0. The van der Waals surface area contributed by atoms with E-state index < -0.39 is 0 Å². The van der Waals surface area contributed by atoms with Gasteiger partial charge in [-0.1, -0.05) is 121 Å². The molecule has 4 nitrogen and oxygen atoms in total. The molecule has 0 saturated carbocycles. The first-order valence-corrected chi connectivity index (χ1v) is 16.2. The molecule has 3 aromatic heterocycles. The van der Waals surface area contributed by atoms with Gasteiger partial charge in [0, 0.05) is 71.6 Å². The van der Waals surface area contributed by atoms with E-state index in [0.29, 0.717) is 0 Å². The van der Waals surface area contributed by atoms with Gasteiger partial charge >= 0.3 is 0 Å². The molecule has 228 valence electrons. The number of aromatic nitrogens is 4. The van der Waals surface area contributed by atoms with Gasteiger partial charge < -0.3 is 9.97 Å². The third-order valence-electron chi connectivity index (χ3n) is 9.00. The summed E-state index contributed by atoms with van der Waals surface area (Å²) >= 11 is 0. The summed E-state index contributed by atoms with van der Waals surface area (Å²) < 4.78 is 0. The van der Waals surface area contributed by atoms with E-state index in [4.69, 9.17) is 9.97 Å². The minimum absolute atomic E-state index is 0. The van der Waals surface area contributed by atoms with Crippen LogP contribution in [0.5, 0.6) is 0 Å². The van der Waals surface area contributed by atoms with E-state index in [9.17, 15) is 0 Å². The minimum Gasteiger partial charge on any atom is -0.354 e. The van der Waals surface area contributed by atoms with Gasteiger partial charge in [-0.25, -0.2) is 9.97 Å². The summed E-state index contributed by atoms with van der Waals surface area (Å²) in [5.41, 5.74) is 16.2. The molecule has 9 rings (SSSR count). The fraction of sp³-hybridized carbons (Fsp3) is 0. The SMILES string of the molecule is C1=Cc2nc1c(-c1ccccc1)c1ccc([nH]1)c(-c1ccccc1)c1nc(c(-c3ccccc3)c3ccc([nH]3)c2-c2ccccc2)C=C1.[Cd]. The third kappa shape index (κ3) is 5.68. The Hall–Kier alpha value is -5.60. The number of fused-ring (bicyclic) bond motifs is 8. The quantitative estimate of drug-likeness (QED) is 0.177. The molecule has 5 heteroatoms. The van der Waals surface area contributed by atoms with Crippen molar-refractivity contribution in [2.75, 3.05) is 0 Å². The first kappa shape index (κ1) is 30.7. The van der Waals surface area contributed by atoms with Gasteiger partial charge in [-0.15, -0.1) is 0 Å². The molecule has 0 aliphatic carbocycles. The molecule has 5 heterocycles. The second kappa shape index (κ2) is 13.1. The summed E-state index contributed by atoms with van der Waals surface area (Å²) in [5, 5.41) is 0. The van der Waals surface area contributed by atoms with E-state index in [1.54, 1.807) is 0 Å². The molecular formula is C44H30CdN4. The Morgan fingerprint density at radius 1 is 0.286 bits per heavy atom. The Balaban J connectivity index is 0.00000348. The predicted molar refractivity (Wildman–Crippen MR) is 201 cm³/mol. The Morgan fingerprint density at radius 3 is 0.735 bits per heavy atom. The zero-order chi connectivity index (χ0) is 31.9. The maximum atomic E-state index is 5.35. The van der Waals surface area contributed by atoms with Crippen LogP contribution in [0.1, 0.15) is 22.8 Å². The average molecular weight is 727 g/mol. The summed E-state index contributed by atoms with van der Waals surface area (Å²) in [4.78, 5) is 18.3. The number of hydrogen-bond donors (Lipinski definition) is 2. The molecule has 4 aromatic carbocycles. The van der Waals surface area contributed by atoms with Gasteiger partial charge in [0.2, 0.25) is 0 Å². The smallest absolute Gasteiger partial charge is 0.0737 e. The van der Waals surface area contributed by atoms with E-state index in [2.05, 4.69) is 156 Å². The molecule has 0 fully saturated rings. The molecule has 0 saturated heterocycles. The van der Waals surface area contributed by atoms with Crippen LogP contribution >= 0.6 is 0 Å². The topological polar surface area (TPSA) is 57.4 Å². The van der Waals surface area contributed by atoms with Gasteiger partial charge in [-0.3, -0.25) is 0 Å². The van der Waals surface area contributed by atoms with Crippen molar-refractivity contribution in [1.29, 1.82) is 0 Å². The van der Waals surface area contributed by atoms with E-state index in [1.165, 1.54) is 0 Å². The van der Waals surface area contributed by atoms with Gasteiger partial charge in [0.1, 0.15) is 0 Å². The van der Waals surface area contributed by atoms with E-state index in [1.807, 2.05) is 24.3 Å². The summed E-state index contributed by atoms with van der Waals surface area (Å²) in [6, 6.07) is 50.7. The zero-order valence-corrected chi connectivity index (χ0v) is 30.8. The molecular weight excluding hydrogens is 697 g/mol. The van der Waals surface area contributed by atoms with Crippen LogP contribution in [0.3, 0.4) is 0 Å². The van der Waals surface area contributed by atoms with Crippen molar-refractivity contribution in [3.8, 4) is 44.5 Å². The fourth-order valence-corrected chi connectivity index (χ4v) is 6.84. The molecule has 0 radical (unpaired) electrons. The summed E-state index contributed by atoms with van der Waals surface area (Å²) in [5.74, 6) is 0. The Bertz CT molecular complexity index is 2180. The molecule has 7 aromatic rings. The van der Waals surface area contributed by atoms with Crippen LogP contribution in [0.15, 0.2) is 146 Å². The van der Waals surface area contributed by atoms with Crippen molar-refractivity contribution < 1.29 is 27.3 Å². The van der Waals surface area contributed by atoms with Crippen molar-refractivity contribution in [2.45, 2.75) is 0 Å². The van der Waals surface area contributed by atoms with Crippen LogP contribution < -0.4 is 0 Å². The van der Waals surface area contributed by atoms with Gasteiger partial charge in [0.05, 0.1) is 22.8 Å². The molecule has 0 atom stereocenters. The molecule has 0 spiro atoms. The Labute approximate surface area is 304 Å². The number of rotatable bonds is 4. The van der Waals surface area contributed by atoms with E-state index in [-0.39, 0.29) is 27.3 Å². The van der Waals surface area contributed by atoms with Crippen LogP contribution in [0.4, 0.5) is 0 Å². The van der Waals surface area contributed by atoms with Crippen LogP contribution in [-0.4, -0.2) is 19.9 Å². The van der Waals surface area contributed by atoms with Crippen molar-refractivity contribution >= 4 is 46.4 Å². The zero-order valence-electron chi connectivity index (χ0n) is 26.8. The summed E-state index contributed by atoms with van der Waals surface area (Å²) in [7, 11) is 0. The normalized spacial score (nSPS) is 11.8. The molecule has 2 aliphatic rings. The average Bonchev–Trinajstić information content (AvgIpc) is 3.98. The van der Waals surface area contributed by atoms with Gasteiger partial charge in [-0.2, -0.15) is 0 Å². The number of nitrogens with one attached hydrogen (secondary N) is 2. The van der Waals surface area contributed by atoms with Crippen molar-refractivity contribution in [3.05, 3.63) is 168 Å². The van der Waals surface area contributed by atoms with E-state index in [0.717, 1.165) is 89.4 Å². The minimum atomic E-state index is 0. The fourth-order valence-electron chi connectivity index (χ4n) is 6.84. The number of hydrogen-bond acceptors (Lipinski definition) is 2. The van der Waals surface area contributed by atoms with E-state index >= 15 is 0 Å². The summed E-state index contributed by atoms with van der Waals surface area (Å²) in [6.07, 6.45) is 8.54. The number of nitrogens with zero attached hydrogens (tertiary/aromatic N) is 2. The maximum absolute atomic E-state index is 5.35. The number of aromatic amines is 2. The van der Waals surface area contributed by atoms with Crippen LogP contribution in [0.2, 0.25) is 0 Å². The monoisotopic (exact) mass is 728 g/mol. The Kier molecular flexibility index (Phi) is 8.23. The number of H-pyrrole nitrogens is 2. The van der Waals surface area contributed by atoms with Gasteiger partial charge in [0.25, 0.3) is 0 Å². The molecule has 8 bridgehead atoms. The first-order chi connectivity index (χ1) is 23.8. The maximum Gasteiger partial charge on any atom is 0.0737 e. The number of benzene rings is 4. The molecule has 49 heavy (non-hydrogen) atoms. The molecule has 0 unspecified atom stereocenters. The van der Waals surface area contributed by atoms with Crippen LogP contribution in [0.25, 0.3) is 90.9 Å². The first-order valence-electron chi connectivity index (χ1n) is 16.2.